The van der Waals surface area contributed by atoms with E-state index in [0.29, 0.717) is 18.8 Å². The molecule has 0 aromatic carbocycles. The Bertz CT molecular complexity index is 1100. The Balaban J connectivity index is 2.15. The summed E-state index contributed by atoms with van der Waals surface area (Å²) in [6.07, 6.45) is 6.73. The highest BCUT2D eigenvalue weighted by Gasteiger charge is 2.35. The van der Waals surface area contributed by atoms with Crippen LogP contribution in [-0.2, 0) is 25.7 Å². The molecule has 1 aliphatic carbocycles. The monoisotopic (exact) mass is 645 g/mol. The van der Waals surface area contributed by atoms with Gasteiger partial charge in [0.1, 0.15) is 17.7 Å². The SMILES string of the molecule is CC[C@H](C)[C@H](NC(=O)[C@@H](C[C@H](O)[C@H](CC1CCCCC1)NC(=O)[C@H](C)NC(=O)OC(C)(C)C)C(C)C)C(=O)NCc1ccccn1. The number of rotatable bonds is 16. The van der Waals surface area contributed by atoms with Gasteiger partial charge in [0.25, 0.3) is 0 Å². The number of aliphatic hydroxyl groups excluding tert-OH is 1. The molecule has 2 rings (SSSR count). The van der Waals surface area contributed by atoms with E-state index in [1.165, 1.54) is 6.42 Å². The lowest BCUT2D eigenvalue weighted by molar-refractivity contribution is -0.134. The van der Waals surface area contributed by atoms with E-state index in [1.54, 1.807) is 40.0 Å². The van der Waals surface area contributed by atoms with Crippen LogP contribution in [0.15, 0.2) is 24.4 Å². The zero-order valence-corrected chi connectivity index (χ0v) is 29.2. The fourth-order valence-corrected chi connectivity index (χ4v) is 5.81. The zero-order valence-electron chi connectivity index (χ0n) is 29.2. The molecule has 1 saturated carbocycles. The van der Waals surface area contributed by atoms with E-state index in [-0.39, 0.29) is 36.6 Å². The van der Waals surface area contributed by atoms with Crippen LogP contribution in [-0.4, -0.2) is 63.7 Å². The van der Waals surface area contributed by atoms with Crippen molar-refractivity contribution in [3.63, 3.8) is 0 Å². The number of aliphatic hydroxyl groups is 1. The molecule has 1 heterocycles. The van der Waals surface area contributed by atoms with Crippen molar-refractivity contribution in [3.8, 4) is 0 Å². The minimum atomic E-state index is -1.02. The summed E-state index contributed by atoms with van der Waals surface area (Å²) in [4.78, 5) is 56.8. The van der Waals surface area contributed by atoms with E-state index in [0.717, 1.165) is 31.4 Å². The van der Waals surface area contributed by atoms with Crippen LogP contribution in [0, 0.1) is 23.7 Å². The highest BCUT2D eigenvalue weighted by molar-refractivity contribution is 5.89. The second kappa shape index (κ2) is 18.8. The largest absolute Gasteiger partial charge is 0.444 e. The highest BCUT2D eigenvalue weighted by Crippen LogP contribution is 2.30. The summed E-state index contributed by atoms with van der Waals surface area (Å²) in [5.74, 6) is -1.55. The van der Waals surface area contributed by atoms with Gasteiger partial charge in [-0.25, -0.2) is 4.79 Å². The number of carbonyl (C=O) groups excluding carboxylic acids is 4. The average Bonchev–Trinajstić information content (AvgIpc) is 3.00. The molecule has 1 aromatic heterocycles. The van der Waals surface area contributed by atoms with Gasteiger partial charge in [0.15, 0.2) is 0 Å². The number of hydrogen-bond donors (Lipinski definition) is 5. The quantitative estimate of drug-likeness (QED) is 0.175. The highest BCUT2D eigenvalue weighted by atomic mass is 16.6. The number of hydrogen-bond acceptors (Lipinski definition) is 7. The fourth-order valence-electron chi connectivity index (χ4n) is 5.81. The van der Waals surface area contributed by atoms with E-state index in [4.69, 9.17) is 4.74 Å². The Morgan fingerprint density at radius 2 is 1.63 bits per heavy atom. The molecule has 4 amide bonds. The number of alkyl carbamates (subject to hydrolysis) is 1. The van der Waals surface area contributed by atoms with Gasteiger partial charge in [-0.3, -0.25) is 19.4 Å². The summed E-state index contributed by atoms with van der Waals surface area (Å²) in [6, 6.07) is 3.23. The summed E-state index contributed by atoms with van der Waals surface area (Å²) in [5.41, 5.74) is 0.00932. The van der Waals surface area contributed by atoms with E-state index in [9.17, 15) is 24.3 Å². The summed E-state index contributed by atoms with van der Waals surface area (Å²) >= 11 is 0. The van der Waals surface area contributed by atoms with Crippen LogP contribution >= 0.6 is 0 Å². The molecule has 0 radical (unpaired) electrons. The van der Waals surface area contributed by atoms with Gasteiger partial charge < -0.3 is 31.1 Å². The van der Waals surface area contributed by atoms with E-state index < -0.39 is 47.7 Å². The predicted molar refractivity (Wildman–Crippen MR) is 178 cm³/mol. The molecule has 46 heavy (non-hydrogen) atoms. The van der Waals surface area contributed by atoms with Crippen molar-refractivity contribution < 1.29 is 29.0 Å². The van der Waals surface area contributed by atoms with Gasteiger partial charge in [0, 0.05) is 12.1 Å². The molecular formula is C35H59N5O6. The lowest BCUT2D eigenvalue weighted by Gasteiger charge is -2.33. The molecule has 1 aliphatic rings. The maximum absolute atomic E-state index is 13.7. The molecule has 260 valence electrons. The number of nitrogens with one attached hydrogen (secondary N) is 4. The Morgan fingerprint density at radius 1 is 0.957 bits per heavy atom. The molecule has 6 atom stereocenters. The maximum atomic E-state index is 13.7. The minimum Gasteiger partial charge on any atom is -0.444 e. The molecular weight excluding hydrogens is 586 g/mol. The number of pyridine rings is 1. The molecule has 1 fully saturated rings. The van der Waals surface area contributed by atoms with Gasteiger partial charge in [-0.1, -0.05) is 72.3 Å². The van der Waals surface area contributed by atoms with Crippen LogP contribution in [0.4, 0.5) is 4.79 Å². The first-order valence-corrected chi connectivity index (χ1v) is 17.1. The molecule has 0 bridgehead atoms. The van der Waals surface area contributed by atoms with Crippen molar-refractivity contribution >= 4 is 23.8 Å². The van der Waals surface area contributed by atoms with Crippen molar-refractivity contribution in [1.82, 2.24) is 26.3 Å². The van der Waals surface area contributed by atoms with Crippen LogP contribution in [0.25, 0.3) is 0 Å². The van der Waals surface area contributed by atoms with Crippen molar-refractivity contribution in [3.05, 3.63) is 30.1 Å². The standard InChI is InChI=1S/C35H59N5O6/c1-9-23(4)30(33(44)37-21-26-17-13-14-18-36-26)40-32(43)27(22(2)3)20-29(41)28(19-25-15-11-10-12-16-25)39-31(42)24(5)38-34(45)46-35(6,7)8/h13-14,17-18,22-25,27-30,41H,9-12,15-16,19-21H2,1-8H3,(H,37,44)(H,38,45)(H,39,42)(H,40,43)/t23-,24-,27-,28-,29-,30-/m0/s1. The smallest absolute Gasteiger partial charge is 0.408 e. The number of aromatic nitrogens is 1. The number of ether oxygens (including phenoxy) is 1. The molecule has 5 N–H and O–H groups in total. The van der Waals surface area contributed by atoms with Crippen LogP contribution in [0.5, 0.6) is 0 Å². The molecule has 0 spiro atoms. The van der Waals surface area contributed by atoms with Crippen molar-refractivity contribution in [2.24, 2.45) is 23.7 Å². The van der Waals surface area contributed by atoms with Crippen molar-refractivity contribution in [2.45, 2.75) is 143 Å². The van der Waals surface area contributed by atoms with Gasteiger partial charge >= 0.3 is 6.09 Å². The van der Waals surface area contributed by atoms with Crippen molar-refractivity contribution in [1.29, 1.82) is 0 Å². The Labute approximate surface area is 275 Å². The molecule has 11 nitrogen and oxygen atoms in total. The molecule has 0 saturated heterocycles. The van der Waals surface area contributed by atoms with E-state index in [2.05, 4.69) is 26.3 Å². The first-order chi connectivity index (χ1) is 21.6. The summed E-state index contributed by atoms with van der Waals surface area (Å²) in [5, 5.41) is 23.0. The number of nitrogens with zero attached hydrogens (tertiary/aromatic N) is 1. The third-order valence-electron chi connectivity index (χ3n) is 8.83. The average molecular weight is 646 g/mol. The molecule has 1 aromatic rings. The third-order valence-corrected chi connectivity index (χ3v) is 8.83. The third kappa shape index (κ3) is 13.6. The summed E-state index contributed by atoms with van der Waals surface area (Å²) in [7, 11) is 0. The Kier molecular flexibility index (Phi) is 15.9. The number of amides is 4. The van der Waals surface area contributed by atoms with Crippen LogP contribution in [0.3, 0.4) is 0 Å². The van der Waals surface area contributed by atoms with E-state index >= 15 is 0 Å². The molecule has 0 unspecified atom stereocenters. The Hall–Kier alpha value is -3.21. The van der Waals surface area contributed by atoms with Gasteiger partial charge in [0.2, 0.25) is 17.7 Å². The van der Waals surface area contributed by atoms with Crippen molar-refractivity contribution in [2.75, 3.05) is 0 Å². The predicted octanol–water partition coefficient (Wildman–Crippen LogP) is 4.62. The van der Waals surface area contributed by atoms with Gasteiger partial charge in [-0.15, -0.1) is 0 Å². The Morgan fingerprint density at radius 3 is 2.20 bits per heavy atom. The normalized spacial score (nSPS) is 18.0. The first-order valence-electron chi connectivity index (χ1n) is 17.1. The second-order valence-electron chi connectivity index (χ2n) is 14.3. The van der Waals surface area contributed by atoms with Crippen LogP contribution in [0.1, 0.15) is 112 Å². The maximum Gasteiger partial charge on any atom is 0.408 e. The lowest BCUT2D eigenvalue weighted by atomic mass is 9.81. The van der Waals surface area contributed by atoms with Gasteiger partial charge in [0.05, 0.1) is 24.4 Å². The topological polar surface area (TPSA) is 159 Å². The minimum absolute atomic E-state index is 0.109. The first kappa shape index (κ1) is 39.0. The summed E-state index contributed by atoms with van der Waals surface area (Å²) < 4.78 is 5.29. The van der Waals surface area contributed by atoms with Crippen LogP contribution in [0.2, 0.25) is 0 Å². The fraction of sp³-hybridized carbons (Fsp3) is 0.743. The lowest BCUT2D eigenvalue weighted by Crippen LogP contribution is -2.54. The molecule has 0 aliphatic heterocycles. The zero-order chi connectivity index (χ0) is 34.4. The second-order valence-corrected chi connectivity index (χ2v) is 14.3. The van der Waals surface area contributed by atoms with E-state index in [1.807, 2.05) is 39.8 Å². The van der Waals surface area contributed by atoms with Gasteiger partial charge in [-0.05, 0) is 70.4 Å². The van der Waals surface area contributed by atoms with Gasteiger partial charge in [-0.2, -0.15) is 0 Å². The molecule has 11 heteroatoms. The van der Waals surface area contributed by atoms with Crippen LogP contribution < -0.4 is 21.3 Å². The number of carbonyl (C=O) groups is 4. The summed E-state index contributed by atoms with van der Waals surface area (Å²) in [6.45, 7) is 14.8.